The highest BCUT2D eigenvalue weighted by atomic mass is 16.5. The first-order valence-electron chi connectivity index (χ1n) is 9.46. The lowest BCUT2D eigenvalue weighted by Crippen LogP contribution is -2.43. The van der Waals surface area contributed by atoms with Crippen molar-refractivity contribution >= 4 is 11.0 Å². The first kappa shape index (κ1) is 18.0. The molecule has 0 spiro atoms. The second-order valence-electron chi connectivity index (χ2n) is 7.05. The molecule has 0 aliphatic carbocycles. The Hall–Kier alpha value is -3.40. The van der Waals surface area contributed by atoms with Crippen molar-refractivity contribution in [2.75, 3.05) is 0 Å². The van der Waals surface area contributed by atoms with Crippen LogP contribution in [-0.2, 0) is 6.42 Å². The van der Waals surface area contributed by atoms with E-state index >= 15 is 0 Å². The van der Waals surface area contributed by atoms with Gasteiger partial charge in [-0.15, -0.1) is 0 Å². The molecule has 0 unspecified atom stereocenters. The fourth-order valence-electron chi connectivity index (χ4n) is 3.83. The molecule has 0 saturated heterocycles. The van der Waals surface area contributed by atoms with E-state index in [2.05, 4.69) is 0 Å². The van der Waals surface area contributed by atoms with E-state index in [4.69, 9.17) is 0 Å². The van der Waals surface area contributed by atoms with Crippen molar-refractivity contribution in [1.29, 1.82) is 0 Å². The Bertz CT molecular complexity index is 1220. The summed E-state index contributed by atoms with van der Waals surface area (Å²) in [7, 11) is 0. The number of aryl methyl sites for hydroxylation is 2. The number of fused-ring (bicyclic) bond motifs is 1. The van der Waals surface area contributed by atoms with Gasteiger partial charge in [-0.05, 0) is 48.2 Å². The van der Waals surface area contributed by atoms with E-state index in [1.807, 2.05) is 87.5 Å². The molecule has 0 radical (unpaired) electrons. The highest BCUT2D eigenvalue weighted by Crippen LogP contribution is 2.26. The Balaban J connectivity index is 2.16. The van der Waals surface area contributed by atoms with Gasteiger partial charge in [0.05, 0.1) is 5.69 Å². The van der Waals surface area contributed by atoms with Gasteiger partial charge in [0.25, 0.3) is 5.69 Å². The highest BCUT2D eigenvalue weighted by Gasteiger charge is 2.22. The van der Waals surface area contributed by atoms with Crippen LogP contribution in [0, 0.1) is 19.1 Å². The fourth-order valence-corrected chi connectivity index (χ4v) is 3.83. The van der Waals surface area contributed by atoms with Crippen molar-refractivity contribution in [2.45, 2.75) is 27.2 Å². The molecule has 1 heterocycles. The quantitative estimate of drug-likeness (QED) is 0.395. The summed E-state index contributed by atoms with van der Waals surface area (Å²) in [5.74, 6) is 0. The van der Waals surface area contributed by atoms with Gasteiger partial charge < -0.3 is 5.21 Å². The molecule has 4 rings (SSSR count). The molecule has 28 heavy (non-hydrogen) atoms. The van der Waals surface area contributed by atoms with Gasteiger partial charge in [-0.25, -0.2) is 0 Å². The number of para-hydroxylation sites is 1. The zero-order valence-electron chi connectivity index (χ0n) is 16.3. The zero-order valence-corrected chi connectivity index (χ0v) is 16.3. The van der Waals surface area contributed by atoms with Crippen molar-refractivity contribution < 1.29 is 4.73 Å². The van der Waals surface area contributed by atoms with Crippen LogP contribution in [0.25, 0.3) is 27.8 Å². The van der Waals surface area contributed by atoms with E-state index in [0.717, 1.165) is 32.7 Å². The number of rotatable bonds is 3. The van der Waals surface area contributed by atoms with Crippen molar-refractivity contribution in [3.63, 3.8) is 0 Å². The van der Waals surface area contributed by atoms with E-state index in [-0.39, 0.29) is 11.3 Å². The molecule has 3 aromatic carbocycles. The molecule has 4 aromatic rings. The number of hydrogen-bond donors (Lipinski definition) is 0. The number of nitrogens with zero attached hydrogens (tertiary/aromatic N) is 2. The molecule has 4 nitrogen and oxygen atoms in total. The molecule has 0 aliphatic rings. The second kappa shape index (κ2) is 6.97. The van der Waals surface area contributed by atoms with Crippen LogP contribution < -0.4 is 10.3 Å². The minimum absolute atomic E-state index is 0.252. The van der Waals surface area contributed by atoms with Gasteiger partial charge >= 0.3 is 5.56 Å². The fraction of sp³-hybridized carbons (Fsp3) is 0.167. The molecule has 0 N–H and O–H groups in total. The minimum Gasteiger partial charge on any atom is -0.618 e. The van der Waals surface area contributed by atoms with E-state index < -0.39 is 0 Å². The first-order valence-corrected chi connectivity index (χ1v) is 9.46. The summed E-state index contributed by atoms with van der Waals surface area (Å²) in [5.41, 5.74) is 5.97. The summed E-state index contributed by atoms with van der Waals surface area (Å²) < 4.78 is 2.50. The van der Waals surface area contributed by atoms with E-state index in [1.54, 1.807) is 4.57 Å². The lowest BCUT2D eigenvalue weighted by atomic mass is 10.0. The SMILES string of the molecule is CCc1c(=O)n(-c2c(C)cccc2C)c2cc(-c3ccccc3)ccc2[n+]1[O-]. The Morgan fingerprint density at radius 3 is 2.21 bits per heavy atom. The Morgan fingerprint density at radius 2 is 1.57 bits per heavy atom. The molecule has 0 bridgehead atoms. The van der Waals surface area contributed by atoms with Crippen molar-refractivity contribution in [1.82, 2.24) is 4.57 Å². The van der Waals surface area contributed by atoms with Gasteiger partial charge in [-0.2, -0.15) is 4.73 Å². The monoisotopic (exact) mass is 370 g/mol. The maximum atomic E-state index is 13.3. The van der Waals surface area contributed by atoms with Crippen molar-refractivity contribution in [3.8, 4) is 16.8 Å². The first-order chi connectivity index (χ1) is 13.5. The lowest BCUT2D eigenvalue weighted by molar-refractivity contribution is -0.587. The molecular weight excluding hydrogens is 348 g/mol. The van der Waals surface area contributed by atoms with E-state index in [9.17, 15) is 10.0 Å². The Labute approximate surface area is 163 Å². The van der Waals surface area contributed by atoms with Crippen LogP contribution in [0.5, 0.6) is 0 Å². The molecule has 4 heteroatoms. The number of benzene rings is 3. The summed E-state index contributed by atoms with van der Waals surface area (Å²) in [6, 6.07) is 21.6. The minimum atomic E-state index is -0.257. The van der Waals surface area contributed by atoms with Gasteiger partial charge in [0.1, 0.15) is 5.52 Å². The predicted molar refractivity (Wildman–Crippen MR) is 113 cm³/mol. The van der Waals surface area contributed by atoms with Crippen LogP contribution >= 0.6 is 0 Å². The van der Waals surface area contributed by atoms with E-state index in [0.29, 0.717) is 17.5 Å². The van der Waals surface area contributed by atoms with Gasteiger partial charge in [0.15, 0.2) is 0 Å². The summed E-state index contributed by atoms with van der Waals surface area (Å²) >= 11 is 0. The van der Waals surface area contributed by atoms with Gasteiger partial charge in [-0.1, -0.05) is 55.5 Å². The standard InChI is InChI=1S/C24H22N2O2/c1-4-20-24(27)25(23-16(2)9-8-10-17(23)3)22-15-19(13-14-21(22)26(20)28)18-11-6-5-7-12-18/h5-15H,4H2,1-3H3. The van der Waals surface area contributed by atoms with Gasteiger partial charge in [0.2, 0.25) is 5.52 Å². The maximum absolute atomic E-state index is 13.3. The molecule has 0 atom stereocenters. The van der Waals surface area contributed by atoms with Crippen LogP contribution in [0.4, 0.5) is 0 Å². The summed E-state index contributed by atoms with van der Waals surface area (Å²) in [5, 5.41) is 12.9. The van der Waals surface area contributed by atoms with Crippen molar-refractivity contribution in [3.05, 3.63) is 99.1 Å². The highest BCUT2D eigenvalue weighted by molar-refractivity contribution is 5.81. The molecule has 1 aromatic heterocycles. The Morgan fingerprint density at radius 1 is 0.893 bits per heavy atom. The van der Waals surface area contributed by atoms with Crippen molar-refractivity contribution in [2.24, 2.45) is 0 Å². The van der Waals surface area contributed by atoms with Crippen LogP contribution in [0.15, 0.2) is 71.5 Å². The topological polar surface area (TPSA) is 48.9 Å². The number of hydrogen-bond acceptors (Lipinski definition) is 2. The molecule has 0 fully saturated rings. The summed E-state index contributed by atoms with van der Waals surface area (Å²) in [4.78, 5) is 13.3. The zero-order chi connectivity index (χ0) is 19.8. The number of aromatic nitrogens is 2. The molecular formula is C24H22N2O2. The largest absolute Gasteiger partial charge is 0.618 e. The van der Waals surface area contributed by atoms with Crippen LogP contribution in [0.3, 0.4) is 0 Å². The third kappa shape index (κ3) is 2.78. The Kier molecular flexibility index (Phi) is 4.47. The molecule has 0 saturated carbocycles. The molecule has 140 valence electrons. The van der Waals surface area contributed by atoms with Gasteiger partial charge in [-0.3, -0.25) is 9.36 Å². The van der Waals surface area contributed by atoms with Crippen LogP contribution in [0.1, 0.15) is 23.7 Å². The third-order valence-electron chi connectivity index (χ3n) is 5.24. The maximum Gasteiger partial charge on any atom is 0.324 e. The third-order valence-corrected chi connectivity index (χ3v) is 5.24. The average molecular weight is 370 g/mol. The summed E-state index contributed by atoms with van der Waals surface area (Å²) in [6.07, 6.45) is 0.379. The van der Waals surface area contributed by atoms with Crippen LogP contribution in [0.2, 0.25) is 0 Å². The summed E-state index contributed by atoms with van der Waals surface area (Å²) in [6.45, 7) is 5.82. The molecule has 0 aliphatic heterocycles. The predicted octanol–water partition coefficient (Wildman–Crippen LogP) is 4.47. The average Bonchev–Trinajstić information content (AvgIpc) is 2.71. The smallest absolute Gasteiger partial charge is 0.324 e. The van der Waals surface area contributed by atoms with E-state index in [1.165, 1.54) is 0 Å². The second-order valence-corrected chi connectivity index (χ2v) is 7.05. The van der Waals surface area contributed by atoms with Crippen LogP contribution in [-0.4, -0.2) is 4.57 Å². The normalized spacial score (nSPS) is 11.1. The lowest BCUT2D eigenvalue weighted by Gasteiger charge is -2.17. The van der Waals surface area contributed by atoms with Gasteiger partial charge in [0, 0.05) is 12.5 Å². The molecule has 0 amide bonds.